The smallest absolute Gasteiger partial charge is 0.339 e. The van der Waals surface area contributed by atoms with E-state index in [0.29, 0.717) is 17.1 Å². The Morgan fingerprint density at radius 2 is 1.95 bits per heavy atom. The third-order valence-corrected chi connectivity index (χ3v) is 2.69. The highest BCUT2D eigenvalue weighted by atomic mass is 16.5. The Morgan fingerprint density at radius 1 is 1.25 bits per heavy atom. The van der Waals surface area contributed by atoms with Gasteiger partial charge in [-0.25, -0.2) is 9.78 Å². The van der Waals surface area contributed by atoms with Crippen LogP contribution < -0.4 is 15.8 Å². The van der Waals surface area contributed by atoms with Crippen molar-refractivity contribution in [3.8, 4) is 5.75 Å². The predicted molar refractivity (Wildman–Crippen MR) is 76.3 cm³/mol. The molecular formula is C14H15N3O3. The van der Waals surface area contributed by atoms with Crippen LogP contribution in [0.15, 0.2) is 36.5 Å². The van der Waals surface area contributed by atoms with E-state index < -0.39 is 5.97 Å². The van der Waals surface area contributed by atoms with Crippen molar-refractivity contribution in [2.24, 2.45) is 0 Å². The molecule has 20 heavy (non-hydrogen) atoms. The van der Waals surface area contributed by atoms with Crippen LogP contribution in [0.1, 0.15) is 10.4 Å². The number of aromatic nitrogens is 1. The van der Waals surface area contributed by atoms with Crippen LogP contribution in [-0.4, -0.2) is 25.2 Å². The number of nitrogens with zero attached hydrogens (tertiary/aromatic N) is 1. The number of ether oxygens (including phenoxy) is 2. The number of hydrogen-bond acceptors (Lipinski definition) is 6. The van der Waals surface area contributed by atoms with Crippen LogP contribution in [0.4, 0.5) is 17.2 Å². The van der Waals surface area contributed by atoms with Gasteiger partial charge in [0.05, 0.1) is 25.5 Å². The number of carbonyl (C=O) groups excluding carboxylic acids is 1. The number of anilines is 3. The fourth-order valence-electron chi connectivity index (χ4n) is 1.63. The molecule has 0 fully saturated rings. The van der Waals surface area contributed by atoms with Crippen LogP contribution in [0.3, 0.4) is 0 Å². The van der Waals surface area contributed by atoms with Crippen LogP contribution in [0.25, 0.3) is 0 Å². The summed E-state index contributed by atoms with van der Waals surface area (Å²) in [4.78, 5) is 15.5. The molecule has 0 unspecified atom stereocenters. The number of nitrogens with two attached hydrogens (primary N) is 1. The molecule has 0 spiro atoms. The number of carbonyl (C=O) groups is 1. The van der Waals surface area contributed by atoms with Gasteiger partial charge in [0.1, 0.15) is 5.75 Å². The fourth-order valence-corrected chi connectivity index (χ4v) is 1.63. The molecule has 0 aliphatic heterocycles. The molecule has 0 radical (unpaired) electrons. The van der Waals surface area contributed by atoms with Gasteiger partial charge in [0.15, 0.2) is 5.82 Å². The van der Waals surface area contributed by atoms with Gasteiger partial charge in [-0.15, -0.1) is 0 Å². The largest absolute Gasteiger partial charge is 0.497 e. The first kappa shape index (κ1) is 13.7. The second kappa shape index (κ2) is 5.92. The minimum Gasteiger partial charge on any atom is -0.497 e. The molecule has 6 nitrogen and oxygen atoms in total. The molecule has 2 rings (SSSR count). The summed E-state index contributed by atoms with van der Waals surface area (Å²) in [6.07, 6.45) is 1.41. The van der Waals surface area contributed by atoms with Crippen LogP contribution in [0.2, 0.25) is 0 Å². The van der Waals surface area contributed by atoms with Crippen molar-refractivity contribution >= 4 is 23.2 Å². The molecular weight excluding hydrogens is 258 g/mol. The summed E-state index contributed by atoms with van der Waals surface area (Å²) in [6, 6.07) is 8.84. The van der Waals surface area contributed by atoms with E-state index in [0.717, 1.165) is 11.4 Å². The monoisotopic (exact) mass is 273 g/mol. The van der Waals surface area contributed by atoms with Gasteiger partial charge in [0.2, 0.25) is 0 Å². The highest BCUT2D eigenvalue weighted by Crippen LogP contribution is 2.23. The topological polar surface area (TPSA) is 86.5 Å². The van der Waals surface area contributed by atoms with Gasteiger partial charge < -0.3 is 20.5 Å². The SMILES string of the molecule is COC(=O)c1cnc(Nc2ccc(OC)cc2)c(N)c1. The number of esters is 1. The fraction of sp³-hybridized carbons (Fsp3) is 0.143. The number of methoxy groups -OCH3 is 2. The Morgan fingerprint density at radius 3 is 2.50 bits per heavy atom. The maximum Gasteiger partial charge on any atom is 0.339 e. The molecule has 0 bridgehead atoms. The van der Waals surface area contributed by atoms with E-state index in [-0.39, 0.29) is 0 Å². The van der Waals surface area contributed by atoms with Crippen molar-refractivity contribution in [2.45, 2.75) is 0 Å². The number of hydrogen-bond donors (Lipinski definition) is 2. The summed E-state index contributed by atoms with van der Waals surface area (Å²) in [7, 11) is 2.91. The number of benzene rings is 1. The standard InChI is InChI=1S/C14H15N3O3/c1-19-11-5-3-10(4-6-11)17-13-12(15)7-9(8-16-13)14(18)20-2/h3-8H,15H2,1-2H3,(H,16,17). The van der Waals surface area contributed by atoms with Crippen molar-refractivity contribution in [2.75, 3.05) is 25.3 Å². The molecule has 1 heterocycles. The van der Waals surface area contributed by atoms with Crippen molar-refractivity contribution in [1.82, 2.24) is 4.98 Å². The van der Waals surface area contributed by atoms with Crippen molar-refractivity contribution in [3.63, 3.8) is 0 Å². The summed E-state index contributed by atoms with van der Waals surface area (Å²) in [5.74, 6) is 0.764. The normalized spacial score (nSPS) is 9.90. The maximum absolute atomic E-state index is 11.4. The minimum atomic E-state index is -0.472. The average molecular weight is 273 g/mol. The second-order valence-electron chi connectivity index (χ2n) is 4.01. The summed E-state index contributed by atoms with van der Waals surface area (Å²) < 4.78 is 9.68. The summed E-state index contributed by atoms with van der Waals surface area (Å²) in [5.41, 5.74) is 7.35. The van der Waals surface area contributed by atoms with Gasteiger partial charge in [-0.2, -0.15) is 0 Å². The predicted octanol–water partition coefficient (Wildman–Crippen LogP) is 2.20. The molecule has 0 saturated carbocycles. The summed E-state index contributed by atoms with van der Waals surface area (Å²) >= 11 is 0. The maximum atomic E-state index is 11.4. The van der Waals surface area contributed by atoms with Crippen molar-refractivity contribution in [3.05, 3.63) is 42.1 Å². The first-order chi connectivity index (χ1) is 9.63. The zero-order valence-electron chi connectivity index (χ0n) is 11.2. The Bertz CT molecular complexity index is 612. The van der Waals surface area contributed by atoms with Gasteiger partial charge in [-0.1, -0.05) is 0 Å². The number of pyridine rings is 1. The van der Waals surface area contributed by atoms with Crippen molar-refractivity contribution < 1.29 is 14.3 Å². The van der Waals surface area contributed by atoms with Crippen LogP contribution in [0, 0.1) is 0 Å². The lowest BCUT2D eigenvalue weighted by molar-refractivity contribution is 0.0600. The lowest BCUT2D eigenvalue weighted by atomic mass is 10.2. The van der Waals surface area contributed by atoms with E-state index >= 15 is 0 Å². The number of rotatable bonds is 4. The summed E-state index contributed by atoms with van der Waals surface area (Å²) in [6.45, 7) is 0. The third-order valence-electron chi connectivity index (χ3n) is 2.69. The zero-order chi connectivity index (χ0) is 14.5. The third kappa shape index (κ3) is 2.97. The first-order valence-electron chi connectivity index (χ1n) is 5.89. The van der Waals surface area contributed by atoms with E-state index in [1.807, 2.05) is 24.3 Å². The van der Waals surface area contributed by atoms with E-state index in [1.54, 1.807) is 7.11 Å². The molecule has 1 aromatic heterocycles. The van der Waals surface area contributed by atoms with Gasteiger partial charge in [0, 0.05) is 11.9 Å². The lowest BCUT2D eigenvalue weighted by Gasteiger charge is -2.09. The highest BCUT2D eigenvalue weighted by molar-refractivity contribution is 5.91. The Hall–Kier alpha value is -2.76. The molecule has 0 atom stereocenters. The van der Waals surface area contributed by atoms with E-state index in [4.69, 9.17) is 10.5 Å². The van der Waals surface area contributed by atoms with E-state index in [1.165, 1.54) is 19.4 Å². The molecule has 6 heteroatoms. The molecule has 3 N–H and O–H groups in total. The quantitative estimate of drug-likeness (QED) is 0.830. The lowest BCUT2D eigenvalue weighted by Crippen LogP contribution is -2.05. The van der Waals surface area contributed by atoms with Gasteiger partial charge in [-0.3, -0.25) is 0 Å². The highest BCUT2D eigenvalue weighted by Gasteiger charge is 2.09. The number of nitrogens with one attached hydrogen (secondary N) is 1. The number of nitrogen functional groups attached to an aromatic ring is 1. The van der Waals surface area contributed by atoms with Gasteiger partial charge in [-0.05, 0) is 30.3 Å². The molecule has 2 aromatic rings. The first-order valence-corrected chi connectivity index (χ1v) is 5.89. The molecule has 0 saturated heterocycles. The van der Waals surface area contributed by atoms with E-state index in [2.05, 4.69) is 15.0 Å². The molecule has 0 amide bonds. The molecule has 0 aliphatic rings. The molecule has 0 aliphatic carbocycles. The van der Waals surface area contributed by atoms with Crippen LogP contribution >= 0.6 is 0 Å². The van der Waals surface area contributed by atoms with Gasteiger partial charge in [0.25, 0.3) is 0 Å². The summed E-state index contributed by atoms with van der Waals surface area (Å²) in [5, 5.41) is 3.06. The van der Waals surface area contributed by atoms with Crippen molar-refractivity contribution in [1.29, 1.82) is 0 Å². The second-order valence-corrected chi connectivity index (χ2v) is 4.01. The Balaban J connectivity index is 2.18. The molecule has 104 valence electrons. The Labute approximate surface area is 116 Å². The average Bonchev–Trinajstić information content (AvgIpc) is 2.49. The van der Waals surface area contributed by atoms with E-state index in [9.17, 15) is 4.79 Å². The van der Waals surface area contributed by atoms with Crippen LogP contribution in [0.5, 0.6) is 5.75 Å². The molecule has 1 aromatic carbocycles. The minimum absolute atomic E-state index is 0.310. The zero-order valence-corrected chi connectivity index (χ0v) is 11.2. The Kier molecular flexibility index (Phi) is 4.05. The van der Waals surface area contributed by atoms with Crippen LogP contribution in [-0.2, 0) is 4.74 Å². The van der Waals surface area contributed by atoms with Gasteiger partial charge >= 0.3 is 5.97 Å².